The van der Waals surface area contributed by atoms with Gasteiger partial charge in [-0.05, 0) is 6.42 Å². The van der Waals surface area contributed by atoms with Crippen molar-refractivity contribution in [3.05, 3.63) is 0 Å². The summed E-state index contributed by atoms with van der Waals surface area (Å²) in [6.45, 7) is 2.35. The molecular weight excluding hydrogens is 313 g/mol. The zero-order chi connectivity index (χ0) is 15.8. The molecule has 22 heavy (non-hydrogen) atoms. The summed E-state index contributed by atoms with van der Waals surface area (Å²) in [6, 6.07) is 0. The summed E-state index contributed by atoms with van der Waals surface area (Å²) in [7, 11) is -4.24. The predicted molar refractivity (Wildman–Crippen MR) is 93.6 cm³/mol. The Hall–Kier alpha value is 0.636. The van der Waals surface area contributed by atoms with Crippen molar-refractivity contribution < 1.29 is 17.2 Å². The standard InChI is InChI=1S/C16H34O4S.Mg/c1-2-3-4-5-6-7-8-9-10-11-12-13-14-15-16-20-21(17,18)19;/h2-16H2,1H3,(H,17,18,19);/q;+2. The third kappa shape index (κ3) is 22.9. The van der Waals surface area contributed by atoms with Crippen molar-refractivity contribution in [2.24, 2.45) is 0 Å². The summed E-state index contributed by atoms with van der Waals surface area (Å²) >= 11 is 0. The van der Waals surface area contributed by atoms with Crippen molar-refractivity contribution in [1.29, 1.82) is 0 Å². The Bertz CT molecular complexity index is 307. The molecule has 0 aromatic rings. The van der Waals surface area contributed by atoms with Gasteiger partial charge in [-0.25, -0.2) is 4.18 Å². The topological polar surface area (TPSA) is 63.6 Å². The van der Waals surface area contributed by atoms with Crippen molar-refractivity contribution in [3.8, 4) is 0 Å². The zero-order valence-electron chi connectivity index (χ0n) is 14.4. The van der Waals surface area contributed by atoms with Gasteiger partial charge in [0.25, 0.3) is 0 Å². The maximum Gasteiger partial charge on any atom is 2.00 e. The van der Waals surface area contributed by atoms with E-state index in [4.69, 9.17) is 4.55 Å². The second kappa shape index (κ2) is 18.0. The number of rotatable bonds is 16. The molecule has 0 spiro atoms. The molecule has 0 aliphatic carbocycles. The molecule has 0 aliphatic heterocycles. The van der Waals surface area contributed by atoms with Crippen LogP contribution in [0.25, 0.3) is 0 Å². The van der Waals surface area contributed by atoms with Gasteiger partial charge in [0.05, 0.1) is 6.61 Å². The maximum absolute atomic E-state index is 10.3. The molecule has 0 saturated heterocycles. The van der Waals surface area contributed by atoms with Gasteiger partial charge in [-0.15, -0.1) is 0 Å². The molecule has 1 N–H and O–H groups in total. The predicted octanol–water partition coefficient (Wildman–Crippen LogP) is 4.91. The molecular formula is C16H34MgO4S+2. The van der Waals surface area contributed by atoms with Gasteiger partial charge in [0, 0.05) is 0 Å². The van der Waals surface area contributed by atoms with Gasteiger partial charge < -0.3 is 0 Å². The summed E-state index contributed by atoms with van der Waals surface area (Å²) in [4.78, 5) is 0. The van der Waals surface area contributed by atoms with Crippen molar-refractivity contribution in [2.75, 3.05) is 6.61 Å². The molecule has 0 rings (SSSR count). The average Bonchev–Trinajstić information content (AvgIpc) is 2.42. The van der Waals surface area contributed by atoms with Crippen LogP contribution in [0, 0.1) is 0 Å². The monoisotopic (exact) mass is 346 g/mol. The summed E-state index contributed by atoms with van der Waals surface area (Å²) in [6.07, 6.45) is 17.6. The van der Waals surface area contributed by atoms with E-state index in [2.05, 4.69) is 11.1 Å². The molecule has 0 amide bonds. The minimum atomic E-state index is -4.24. The molecule has 0 radical (unpaired) electrons. The molecule has 0 aromatic carbocycles. The van der Waals surface area contributed by atoms with E-state index in [0.29, 0.717) is 6.42 Å². The van der Waals surface area contributed by atoms with Crippen LogP contribution in [0.15, 0.2) is 0 Å². The first kappa shape index (κ1) is 24.9. The molecule has 0 aliphatic rings. The third-order valence-corrected chi connectivity index (χ3v) is 4.19. The van der Waals surface area contributed by atoms with Gasteiger partial charge in [0.1, 0.15) is 0 Å². The number of hydrogen-bond acceptors (Lipinski definition) is 3. The molecule has 6 heteroatoms. The van der Waals surface area contributed by atoms with Crippen molar-refractivity contribution in [2.45, 2.75) is 96.8 Å². The van der Waals surface area contributed by atoms with Crippen LogP contribution in [0.5, 0.6) is 0 Å². The van der Waals surface area contributed by atoms with Crippen LogP contribution in [-0.4, -0.2) is 42.6 Å². The first-order chi connectivity index (χ1) is 10.1. The van der Waals surface area contributed by atoms with Gasteiger partial charge in [0.15, 0.2) is 0 Å². The smallest absolute Gasteiger partial charge is 0.264 e. The molecule has 0 bridgehead atoms. The Morgan fingerprint density at radius 2 is 1.00 bits per heavy atom. The second-order valence-electron chi connectivity index (χ2n) is 5.85. The largest absolute Gasteiger partial charge is 2.00 e. The van der Waals surface area contributed by atoms with E-state index in [0.717, 1.165) is 12.8 Å². The fourth-order valence-electron chi connectivity index (χ4n) is 2.46. The van der Waals surface area contributed by atoms with Crippen LogP contribution >= 0.6 is 0 Å². The fraction of sp³-hybridized carbons (Fsp3) is 1.00. The third-order valence-electron chi connectivity index (χ3n) is 3.73. The van der Waals surface area contributed by atoms with E-state index in [-0.39, 0.29) is 29.7 Å². The van der Waals surface area contributed by atoms with Gasteiger partial charge in [0.2, 0.25) is 0 Å². The normalized spacial score (nSPS) is 11.4. The van der Waals surface area contributed by atoms with Gasteiger partial charge in [-0.3, -0.25) is 4.55 Å². The van der Waals surface area contributed by atoms with Crippen LogP contribution in [-0.2, 0) is 14.6 Å². The molecule has 0 unspecified atom stereocenters. The van der Waals surface area contributed by atoms with Crippen LogP contribution in [0.1, 0.15) is 96.8 Å². The molecule has 0 atom stereocenters. The SMILES string of the molecule is CCCCCCCCCCCCCCCCOS(=O)(=O)O.[Mg+2]. The average molecular weight is 347 g/mol. The van der Waals surface area contributed by atoms with Crippen molar-refractivity contribution in [3.63, 3.8) is 0 Å². The Labute approximate surface area is 153 Å². The van der Waals surface area contributed by atoms with Crippen LogP contribution in [0.2, 0.25) is 0 Å². The summed E-state index contributed by atoms with van der Waals surface area (Å²) < 4.78 is 33.2. The molecule has 0 aromatic heterocycles. The van der Waals surface area contributed by atoms with E-state index >= 15 is 0 Å². The quantitative estimate of drug-likeness (QED) is 0.245. The van der Waals surface area contributed by atoms with Crippen LogP contribution in [0.3, 0.4) is 0 Å². The van der Waals surface area contributed by atoms with E-state index in [1.165, 1.54) is 70.6 Å². The Kier molecular flexibility index (Phi) is 20.3. The van der Waals surface area contributed by atoms with Gasteiger partial charge in [-0.2, -0.15) is 8.42 Å². The summed E-state index contributed by atoms with van der Waals surface area (Å²) in [5, 5.41) is 0. The van der Waals surface area contributed by atoms with Crippen molar-refractivity contribution >= 4 is 33.5 Å². The van der Waals surface area contributed by atoms with E-state index in [9.17, 15) is 8.42 Å². The fourth-order valence-corrected chi connectivity index (χ4v) is 2.79. The van der Waals surface area contributed by atoms with E-state index in [1.807, 2.05) is 0 Å². The Morgan fingerprint density at radius 1 is 0.682 bits per heavy atom. The molecule has 0 fully saturated rings. The van der Waals surface area contributed by atoms with Gasteiger partial charge >= 0.3 is 33.5 Å². The molecule has 128 valence electrons. The van der Waals surface area contributed by atoms with E-state index in [1.54, 1.807) is 0 Å². The molecule has 4 nitrogen and oxygen atoms in total. The van der Waals surface area contributed by atoms with Gasteiger partial charge in [-0.1, -0.05) is 90.4 Å². The number of hydrogen-bond donors (Lipinski definition) is 1. The van der Waals surface area contributed by atoms with E-state index < -0.39 is 10.4 Å². The Balaban J connectivity index is 0. The van der Waals surface area contributed by atoms with Crippen LogP contribution < -0.4 is 0 Å². The summed E-state index contributed by atoms with van der Waals surface area (Å²) in [5.41, 5.74) is 0. The zero-order valence-corrected chi connectivity index (χ0v) is 16.6. The van der Waals surface area contributed by atoms with Crippen molar-refractivity contribution in [1.82, 2.24) is 0 Å². The summed E-state index contributed by atoms with van der Waals surface area (Å²) in [5.74, 6) is 0. The molecule has 0 saturated carbocycles. The minimum absolute atomic E-state index is 0. The Morgan fingerprint density at radius 3 is 1.32 bits per heavy atom. The number of unbranched alkanes of at least 4 members (excludes halogenated alkanes) is 13. The first-order valence-corrected chi connectivity index (χ1v) is 10.0. The minimum Gasteiger partial charge on any atom is -0.264 e. The second-order valence-corrected chi connectivity index (χ2v) is 6.94. The first-order valence-electron chi connectivity index (χ1n) is 8.68. The maximum atomic E-state index is 10.3. The molecule has 0 heterocycles. The van der Waals surface area contributed by atoms with Crippen LogP contribution in [0.4, 0.5) is 0 Å².